The number of carbonyl (C=O) groups is 2. The summed E-state index contributed by atoms with van der Waals surface area (Å²) in [6.07, 6.45) is 4.05. The number of piperidine rings is 1. The van der Waals surface area contributed by atoms with E-state index in [2.05, 4.69) is 0 Å². The summed E-state index contributed by atoms with van der Waals surface area (Å²) in [4.78, 5) is 24.9. The van der Waals surface area contributed by atoms with Crippen molar-refractivity contribution in [1.82, 2.24) is 4.90 Å². The quantitative estimate of drug-likeness (QED) is 0.771. The maximum atomic E-state index is 12.4. The Balaban J connectivity index is 1.82. The monoisotopic (exact) mass is 284 g/mol. The van der Waals surface area contributed by atoms with Gasteiger partial charge in [0.15, 0.2) is 0 Å². The SMILES string of the molecule is NCC1CCC(C(=O)N2CCCC(CCC(=O)O)C2)O1. The van der Waals surface area contributed by atoms with Gasteiger partial charge in [0, 0.05) is 26.1 Å². The van der Waals surface area contributed by atoms with Crippen LogP contribution in [0.4, 0.5) is 0 Å². The summed E-state index contributed by atoms with van der Waals surface area (Å²) < 4.78 is 5.65. The zero-order valence-electron chi connectivity index (χ0n) is 11.8. The third-order valence-electron chi connectivity index (χ3n) is 4.24. The third-order valence-corrected chi connectivity index (χ3v) is 4.24. The van der Waals surface area contributed by atoms with Gasteiger partial charge in [0.25, 0.3) is 5.91 Å². The maximum Gasteiger partial charge on any atom is 0.303 e. The van der Waals surface area contributed by atoms with Crippen molar-refractivity contribution < 1.29 is 19.4 Å². The van der Waals surface area contributed by atoms with Gasteiger partial charge in [-0.1, -0.05) is 0 Å². The Labute approximate surface area is 119 Å². The van der Waals surface area contributed by atoms with Crippen molar-refractivity contribution in [2.24, 2.45) is 11.7 Å². The normalized spacial score (nSPS) is 30.4. The van der Waals surface area contributed by atoms with Gasteiger partial charge in [-0.25, -0.2) is 0 Å². The van der Waals surface area contributed by atoms with E-state index in [-0.39, 0.29) is 24.5 Å². The number of carboxylic acids is 1. The predicted molar refractivity (Wildman–Crippen MR) is 73.1 cm³/mol. The molecule has 0 bridgehead atoms. The van der Waals surface area contributed by atoms with Crippen LogP contribution in [0.25, 0.3) is 0 Å². The van der Waals surface area contributed by atoms with Gasteiger partial charge in [0.2, 0.25) is 0 Å². The van der Waals surface area contributed by atoms with Crippen molar-refractivity contribution in [3.8, 4) is 0 Å². The van der Waals surface area contributed by atoms with Crippen LogP contribution in [0.1, 0.15) is 38.5 Å². The first-order valence-corrected chi connectivity index (χ1v) is 7.46. The number of likely N-dealkylation sites (tertiary alicyclic amines) is 1. The Kier molecular flexibility index (Phi) is 5.37. The van der Waals surface area contributed by atoms with Crippen molar-refractivity contribution in [3.05, 3.63) is 0 Å². The van der Waals surface area contributed by atoms with Gasteiger partial charge in [0.05, 0.1) is 6.10 Å². The van der Waals surface area contributed by atoms with Crippen LogP contribution in [0, 0.1) is 5.92 Å². The lowest BCUT2D eigenvalue weighted by molar-refractivity contribution is -0.144. The molecule has 2 aliphatic heterocycles. The first kappa shape index (κ1) is 15.3. The molecule has 0 saturated carbocycles. The highest BCUT2D eigenvalue weighted by atomic mass is 16.5. The van der Waals surface area contributed by atoms with Crippen molar-refractivity contribution >= 4 is 11.9 Å². The van der Waals surface area contributed by atoms with Crippen LogP contribution in [-0.4, -0.2) is 53.7 Å². The Morgan fingerprint density at radius 3 is 2.75 bits per heavy atom. The Bertz CT molecular complexity index is 361. The van der Waals surface area contributed by atoms with Crippen LogP contribution in [0.5, 0.6) is 0 Å². The number of carbonyl (C=O) groups excluding carboxylic acids is 1. The molecule has 2 fully saturated rings. The van der Waals surface area contributed by atoms with Crippen LogP contribution in [0.3, 0.4) is 0 Å². The van der Waals surface area contributed by atoms with Gasteiger partial charge < -0.3 is 20.5 Å². The molecule has 2 saturated heterocycles. The number of aliphatic carboxylic acids is 1. The number of carboxylic acid groups (broad SMARTS) is 1. The van der Waals surface area contributed by atoms with Gasteiger partial charge in [0.1, 0.15) is 6.10 Å². The average Bonchev–Trinajstić information content (AvgIpc) is 2.93. The minimum Gasteiger partial charge on any atom is -0.481 e. The molecule has 2 aliphatic rings. The number of hydrogen-bond donors (Lipinski definition) is 2. The van der Waals surface area contributed by atoms with Gasteiger partial charge in [-0.05, 0) is 38.0 Å². The molecule has 114 valence electrons. The summed E-state index contributed by atoms with van der Waals surface area (Å²) in [6.45, 7) is 1.89. The van der Waals surface area contributed by atoms with E-state index >= 15 is 0 Å². The number of nitrogens with zero attached hydrogens (tertiary/aromatic N) is 1. The highest BCUT2D eigenvalue weighted by molar-refractivity contribution is 5.81. The molecule has 0 aliphatic carbocycles. The van der Waals surface area contributed by atoms with E-state index in [4.69, 9.17) is 15.6 Å². The molecule has 20 heavy (non-hydrogen) atoms. The topological polar surface area (TPSA) is 92.9 Å². The summed E-state index contributed by atoms with van der Waals surface area (Å²) >= 11 is 0. The number of ether oxygens (including phenoxy) is 1. The molecular weight excluding hydrogens is 260 g/mol. The Hall–Kier alpha value is -1.14. The van der Waals surface area contributed by atoms with Crippen molar-refractivity contribution in [2.75, 3.05) is 19.6 Å². The summed E-state index contributed by atoms with van der Waals surface area (Å²) in [5, 5.41) is 8.74. The van der Waals surface area contributed by atoms with Crippen LogP contribution in [0.2, 0.25) is 0 Å². The molecule has 6 nitrogen and oxygen atoms in total. The second kappa shape index (κ2) is 7.04. The lowest BCUT2D eigenvalue weighted by atomic mass is 9.93. The van der Waals surface area contributed by atoms with E-state index < -0.39 is 5.97 Å². The summed E-state index contributed by atoms with van der Waals surface area (Å²) in [5.41, 5.74) is 5.56. The molecule has 3 unspecified atom stereocenters. The Morgan fingerprint density at radius 1 is 1.30 bits per heavy atom. The van der Waals surface area contributed by atoms with Crippen molar-refractivity contribution in [3.63, 3.8) is 0 Å². The second-order valence-corrected chi connectivity index (χ2v) is 5.78. The van der Waals surface area contributed by atoms with Gasteiger partial charge in [-0.2, -0.15) is 0 Å². The van der Waals surface area contributed by atoms with E-state index in [0.717, 1.165) is 32.2 Å². The van der Waals surface area contributed by atoms with Crippen LogP contribution in [-0.2, 0) is 14.3 Å². The number of amides is 1. The fourth-order valence-electron chi connectivity index (χ4n) is 3.09. The van der Waals surface area contributed by atoms with Crippen LogP contribution >= 0.6 is 0 Å². The first-order chi connectivity index (χ1) is 9.60. The molecule has 1 amide bonds. The largest absolute Gasteiger partial charge is 0.481 e. The standard InChI is InChI=1S/C14H24N2O4/c15-8-11-4-5-12(20-11)14(19)16-7-1-2-10(9-16)3-6-13(17)18/h10-12H,1-9,15H2,(H,17,18). The summed E-state index contributed by atoms with van der Waals surface area (Å²) in [5.74, 6) is -0.408. The van der Waals surface area contributed by atoms with Crippen LogP contribution < -0.4 is 5.73 Å². The molecule has 3 N–H and O–H groups in total. The number of hydrogen-bond acceptors (Lipinski definition) is 4. The molecule has 0 aromatic rings. The molecule has 2 heterocycles. The van der Waals surface area contributed by atoms with Crippen molar-refractivity contribution in [1.29, 1.82) is 0 Å². The molecule has 6 heteroatoms. The van der Waals surface area contributed by atoms with Gasteiger partial charge in [-0.15, -0.1) is 0 Å². The molecule has 0 aromatic carbocycles. The number of rotatable bonds is 5. The maximum absolute atomic E-state index is 12.4. The molecule has 2 rings (SSSR count). The molecular formula is C14H24N2O4. The smallest absolute Gasteiger partial charge is 0.303 e. The van der Waals surface area contributed by atoms with E-state index in [1.165, 1.54) is 0 Å². The lowest BCUT2D eigenvalue weighted by Gasteiger charge is -2.34. The first-order valence-electron chi connectivity index (χ1n) is 7.46. The van der Waals surface area contributed by atoms with E-state index in [1.54, 1.807) is 0 Å². The summed E-state index contributed by atoms with van der Waals surface area (Å²) in [7, 11) is 0. The zero-order valence-corrected chi connectivity index (χ0v) is 11.8. The molecule has 0 aromatic heterocycles. The highest BCUT2D eigenvalue weighted by Gasteiger charge is 2.34. The molecule has 0 spiro atoms. The fourth-order valence-corrected chi connectivity index (χ4v) is 3.09. The van der Waals surface area contributed by atoms with Gasteiger partial charge in [-0.3, -0.25) is 9.59 Å². The summed E-state index contributed by atoms with van der Waals surface area (Å²) in [6, 6.07) is 0. The highest BCUT2D eigenvalue weighted by Crippen LogP contribution is 2.25. The predicted octanol–water partition coefficient (Wildman–Crippen LogP) is 0.596. The van der Waals surface area contributed by atoms with E-state index in [9.17, 15) is 9.59 Å². The average molecular weight is 284 g/mol. The van der Waals surface area contributed by atoms with E-state index in [1.807, 2.05) is 4.90 Å². The molecule has 3 atom stereocenters. The van der Waals surface area contributed by atoms with Crippen LogP contribution in [0.15, 0.2) is 0 Å². The Morgan fingerprint density at radius 2 is 2.10 bits per heavy atom. The zero-order chi connectivity index (χ0) is 14.5. The molecule has 0 radical (unpaired) electrons. The van der Waals surface area contributed by atoms with Gasteiger partial charge >= 0.3 is 5.97 Å². The third kappa shape index (κ3) is 3.93. The fraction of sp³-hybridized carbons (Fsp3) is 0.857. The van der Waals surface area contributed by atoms with E-state index in [0.29, 0.717) is 25.4 Å². The second-order valence-electron chi connectivity index (χ2n) is 5.78. The van der Waals surface area contributed by atoms with Crippen molar-refractivity contribution in [2.45, 2.75) is 50.7 Å². The lowest BCUT2D eigenvalue weighted by Crippen LogP contribution is -2.45. The number of nitrogens with two attached hydrogens (primary N) is 1. The minimum absolute atomic E-state index is 0.0107. The minimum atomic E-state index is -0.765.